The lowest BCUT2D eigenvalue weighted by Crippen LogP contribution is -2.37. The van der Waals surface area contributed by atoms with Crippen molar-refractivity contribution >= 4 is 17.5 Å². The lowest BCUT2D eigenvalue weighted by Gasteiger charge is -2.19. The van der Waals surface area contributed by atoms with Crippen molar-refractivity contribution in [1.82, 2.24) is 4.57 Å². The van der Waals surface area contributed by atoms with Gasteiger partial charge in [-0.2, -0.15) is 5.06 Å². The lowest BCUT2D eigenvalue weighted by molar-refractivity contribution is -0.125. The van der Waals surface area contributed by atoms with Gasteiger partial charge in [-0.25, -0.2) is 4.57 Å². The number of benzene rings is 1. The number of rotatable bonds is 3. The molecule has 1 amide bonds. The average molecular weight is 290 g/mol. The molecule has 0 saturated heterocycles. The smallest absolute Gasteiger partial charge is 0.262 e. The molecule has 1 aromatic carbocycles. The second kappa shape index (κ2) is 5.68. The molecule has 0 aliphatic heterocycles. The summed E-state index contributed by atoms with van der Waals surface area (Å²) in [6.07, 6.45) is 0. The monoisotopic (exact) mass is 290 g/mol. The van der Waals surface area contributed by atoms with Gasteiger partial charge in [-0.3, -0.25) is 14.8 Å². The minimum atomic E-state index is -1.29. The summed E-state index contributed by atoms with van der Waals surface area (Å²) in [5.74, 6) is -3.99. The number of para-hydroxylation sites is 1. The third-order valence-electron chi connectivity index (χ3n) is 3.01. The van der Waals surface area contributed by atoms with Crippen molar-refractivity contribution in [3.8, 4) is 11.8 Å². The maximum absolute atomic E-state index is 12.1. The molecule has 7 nitrogen and oxygen atoms in total. The first-order valence-electron chi connectivity index (χ1n) is 6.15. The number of carbonyl (C=O) groups excluding carboxylic acids is 2. The Bertz CT molecular complexity index is 646. The van der Waals surface area contributed by atoms with E-state index in [0.717, 1.165) is 12.1 Å². The van der Waals surface area contributed by atoms with E-state index >= 15 is 0 Å². The molecule has 0 bridgehead atoms. The maximum atomic E-state index is 12.1. The Morgan fingerprint density at radius 3 is 2.10 bits per heavy atom. The van der Waals surface area contributed by atoms with E-state index in [-0.39, 0.29) is 5.69 Å². The van der Waals surface area contributed by atoms with E-state index in [0.29, 0.717) is 9.63 Å². The normalized spacial score (nSPS) is 11.9. The molecule has 1 heterocycles. The number of carbonyl (C=O) groups is 2. The van der Waals surface area contributed by atoms with Gasteiger partial charge in [0.15, 0.2) is 0 Å². The molecule has 0 aliphatic carbocycles. The Morgan fingerprint density at radius 1 is 1.05 bits per heavy atom. The van der Waals surface area contributed by atoms with Crippen LogP contribution in [0.3, 0.4) is 0 Å². The maximum Gasteiger partial charge on any atom is 0.262 e. The summed E-state index contributed by atoms with van der Waals surface area (Å²) in [6, 6.07) is 10.2. The number of aromatic nitrogens is 1. The van der Waals surface area contributed by atoms with Crippen molar-refractivity contribution in [2.45, 2.75) is 6.92 Å². The van der Waals surface area contributed by atoms with Crippen molar-refractivity contribution in [1.29, 1.82) is 0 Å². The SMILES string of the molecule is CC(C(=O)N(O)c1ccccc1)C(=O)n1c(O)ccc1O. The van der Waals surface area contributed by atoms with Gasteiger partial charge in [0.1, 0.15) is 5.92 Å². The van der Waals surface area contributed by atoms with E-state index < -0.39 is 29.5 Å². The van der Waals surface area contributed by atoms with Gasteiger partial charge in [0.2, 0.25) is 17.7 Å². The number of hydrogen-bond acceptors (Lipinski definition) is 5. The highest BCUT2D eigenvalue weighted by Gasteiger charge is 2.30. The topological polar surface area (TPSA) is 103 Å². The molecule has 21 heavy (non-hydrogen) atoms. The van der Waals surface area contributed by atoms with Crippen molar-refractivity contribution < 1.29 is 25.0 Å². The van der Waals surface area contributed by atoms with Crippen LogP contribution in [0.2, 0.25) is 0 Å². The number of amides is 1. The van der Waals surface area contributed by atoms with Crippen LogP contribution in [0.4, 0.5) is 5.69 Å². The van der Waals surface area contributed by atoms with Crippen molar-refractivity contribution in [2.75, 3.05) is 5.06 Å². The predicted molar refractivity (Wildman–Crippen MR) is 73.3 cm³/mol. The summed E-state index contributed by atoms with van der Waals surface area (Å²) in [4.78, 5) is 24.2. The molecule has 0 fully saturated rings. The Morgan fingerprint density at radius 2 is 1.57 bits per heavy atom. The minimum absolute atomic E-state index is 0.211. The van der Waals surface area contributed by atoms with E-state index in [9.17, 15) is 25.0 Å². The zero-order chi connectivity index (χ0) is 15.6. The molecule has 2 rings (SSSR count). The quantitative estimate of drug-likeness (QED) is 0.452. The highest BCUT2D eigenvalue weighted by Crippen LogP contribution is 2.23. The van der Waals surface area contributed by atoms with Crippen molar-refractivity contribution in [2.24, 2.45) is 5.92 Å². The van der Waals surface area contributed by atoms with Crippen LogP contribution in [0.5, 0.6) is 11.8 Å². The number of aromatic hydroxyl groups is 2. The largest absolute Gasteiger partial charge is 0.494 e. The third kappa shape index (κ3) is 2.72. The zero-order valence-corrected chi connectivity index (χ0v) is 11.2. The summed E-state index contributed by atoms with van der Waals surface area (Å²) in [6.45, 7) is 1.27. The number of hydroxylamine groups is 1. The highest BCUT2D eigenvalue weighted by molar-refractivity contribution is 6.07. The Labute approximate surface area is 120 Å². The molecule has 0 saturated carbocycles. The van der Waals surface area contributed by atoms with Gasteiger partial charge in [0, 0.05) is 12.1 Å². The summed E-state index contributed by atoms with van der Waals surface area (Å²) in [5.41, 5.74) is 0.211. The van der Waals surface area contributed by atoms with Gasteiger partial charge >= 0.3 is 0 Å². The standard InChI is InChI=1S/C14H14N2O5/c1-9(13(19)15-11(17)7-8-12(15)18)14(20)16(21)10-5-3-2-4-6-10/h2-9,17-18,21H,1H3. The molecule has 1 atom stereocenters. The fraction of sp³-hybridized carbons (Fsp3) is 0.143. The lowest BCUT2D eigenvalue weighted by atomic mass is 10.1. The van der Waals surface area contributed by atoms with Crippen LogP contribution >= 0.6 is 0 Å². The van der Waals surface area contributed by atoms with E-state index in [1.807, 2.05) is 0 Å². The molecule has 2 aromatic rings. The van der Waals surface area contributed by atoms with Crippen LogP contribution in [-0.4, -0.2) is 31.8 Å². The minimum Gasteiger partial charge on any atom is -0.494 e. The molecular formula is C14H14N2O5. The fourth-order valence-corrected chi connectivity index (χ4v) is 1.82. The van der Waals surface area contributed by atoms with E-state index in [2.05, 4.69) is 0 Å². The van der Waals surface area contributed by atoms with Gasteiger partial charge in [-0.05, 0) is 19.1 Å². The van der Waals surface area contributed by atoms with Crippen molar-refractivity contribution in [3.63, 3.8) is 0 Å². The van der Waals surface area contributed by atoms with Gasteiger partial charge in [0.25, 0.3) is 5.91 Å². The first kappa shape index (κ1) is 14.6. The van der Waals surface area contributed by atoms with Crippen LogP contribution < -0.4 is 5.06 Å². The second-order valence-electron chi connectivity index (χ2n) is 4.43. The van der Waals surface area contributed by atoms with Gasteiger partial charge in [-0.1, -0.05) is 18.2 Å². The Balaban J connectivity index is 2.22. The van der Waals surface area contributed by atoms with E-state index in [4.69, 9.17) is 0 Å². The molecule has 110 valence electrons. The van der Waals surface area contributed by atoms with E-state index in [1.54, 1.807) is 18.2 Å². The molecule has 1 aromatic heterocycles. The molecule has 0 spiro atoms. The molecule has 1 unspecified atom stereocenters. The molecular weight excluding hydrogens is 276 g/mol. The first-order valence-corrected chi connectivity index (χ1v) is 6.15. The summed E-state index contributed by atoms with van der Waals surface area (Å²) in [5, 5.41) is 29.2. The third-order valence-corrected chi connectivity index (χ3v) is 3.01. The van der Waals surface area contributed by atoms with Gasteiger partial charge in [0.05, 0.1) is 5.69 Å². The fourth-order valence-electron chi connectivity index (χ4n) is 1.82. The molecule has 7 heteroatoms. The molecule has 3 N–H and O–H groups in total. The van der Waals surface area contributed by atoms with Crippen LogP contribution in [-0.2, 0) is 4.79 Å². The van der Waals surface area contributed by atoms with Crippen molar-refractivity contribution in [3.05, 3.63) is 42.5 Å². The van der Waals surface area contributed by atoms with Crippen LogP contribution in [0, 0.1) is 5.92 Å². The molecule has 0 radical (unpaired) electrons. The van der Waals surface area contributed by atoms with Crippen LogP contribution in [0.25, 0.3) is 0 Å². The van der Waals surface area contributed by atoms with Gasteiger partial charge < -0.3 is 10.2 Å². The predicted octanol–water partition coefficient (Wildman–Crippen LogP) is 1.60. The Kier molecular flexibility index (Phi) is 3.95. The van der Waals surface area contributed by atoms with Crippen LogP contribution in [0.1, 0.15) is 11.7 Å². The number of nitrogens with zero attached hydrogens (tertiary/aromatic N) is 2. The Hall–Kier alpha value is -2.80. The second-order valence-corrected chi connectivity index (χ2v) is 4.43. The first-order chi connectivity index (χ1) is 9.93. The summed E-state index contributed by atoms with van der Waals surface area (Å²) >= 11 is 0. The van der Waals surface area contributed by atoms with Gasteiger partial charge in [-0.15, -0.1) is 0 Å². The zero-order valence-electron chi connectivity index (χ0n) is 11.2. The highest BCUT2D eigenvalue weighted by atomic mass is 16.5. The molecule has 0 aliphatic rings. The summed E-state index contributed by atoms with van der Waals surface area (Å²) in [7, 11) is 0. The van der Waals surface area contributed by atoms with Crippen LogP contribution in [0.15, 0.2) is 42.5 Å². The number of anilines is 1. The number of hydrogen-bond donors (Lipinski definition) is 3. The average Bonchev–Trinajstić information content (AvgIpc) is 2.84. The van der Waals surface area contributed by atoms with E-state index in [1.165, 1.54) is 19.1 Å². The summed E-state index contributed by atoms with van der Waals surface area (Å²) < 4.78 is 0.599.